The molecule has 0 radical (unpaired) electrons. The predicted octanol–water partition coefficient (Wildman–Crippen LogP) is 4.68. The topological polar surface area (TPSA) is 184 Å². The van der Waals surface area contributed by atoms with Crippen LogP contribution in [0.4, 0.5) is 10.6 Å². The van der Waals surface area contributed by atoms with Crippen molar-refractivity contribution in [1.29, 1.82) is 0 Å². The number of amides is 2. The number of carbonyl (C=O) groups excluding carboxylic acids is 4. The van der Waals surface area contributed by atoms with Crippen molar-refractivity contribution in [3.05, 3.63) is 108 Å². The molecular weight excluding hydrogens is 668 g/mol. The van der Waals surface area contributed by atoms with E-state index in [4.69, 9.17) is 14.2 Å². The second-order valence-electron chi connectivity index (χ2n) is 12.7. The number of Topliss-reactive ketones (excluding diaryl/α,β-unsaturated/α-hetero) is 1. The molecule has 1 saturated heterocycles. The largest absolute Gasteiger partial charge is 0.459 e. The molecule has 2 aromatic heterocycles. The number of aliphatic hydroxyl groups excluding tert-OH is 1. The highest BCUT2D eigenvalue weighted by molar-refractivity contribution is 6.06. The zero-order chi connectivity index (χ0) is 36.2. The van der Waals surface area contributed by atoms with Crippen LogP contribution in [0.2, 0.25) is 0 Å². The maximum absolute atomic E-state index is 13.2. The number of hydrogen-bond donors (Lipinski definition) is 3. The van der Waals surface area contributed by atoms with Gasteiger partial charge >= 0.3 is 12.1 Å². The highest BCUT2D eigenvalue weighted by Crippen LogP contribution is 2.44. The van der Waals surface area contributed by atoms with Crippen molar-refractivity contribution in [3.63, 3.8) is 0 Å². The van der Waals surface area contributed by atoms with Crippen molar-refractivity contribution in [2.45, 2.75) is 57.1 Å². The summed E-state index contributed by atoms with van der Waals surface area (Å²) in [7, 11) is 0. The van der Waals surface area contributed by atoms with Gasteiger partial charge in [0.2, 0.25) is 0 Å². The first-order valence-corrected chi connectivity index (χ1v) is 16.9. The van der Waals surface area contributed by atoms with Crippen LogP contribution in [-0.4, -0.2) is 73.8 Å². The molecule has 1 aliphatic carbocycles. The maximum atomic E-state index is 13.2. The van der Waals surface area contributed by atoms with Crippen molar-refractivity contribution in [3.8, 4) is 11.1 Å². The van der Waals surface area contributed by atoms with Gasteiger partial charge in [0.15, 0.2) is 17.0 Å². The summed E-state index contributed by atoms with van der Waals surface area (Å²) in [6.07, 6.45) is 0.288. The molecule has 1 fully saturated rings. The van der Waals surface area contributed by atoms with E-state index in [1.807, 2.05) is 24.3 Å². The van der Waals surface area contributed by atoms with E-state index in [1.165, 1.54) is 19.6 Å². The van der Waals surface area contributed by atoms with Crippen LogP contribution in [0, 0.1) is 0 Å². The minimum absolute atomic E-state index is 0.0376. The lowest BCUT2D eigenvalue weighted by molar-refractivity contribution is -0.153. The Morgan fingerprint density at radius 1 is 0.923 bits per heavy atom. The van der Waals surface area contributed by atoms with Crippen molar-refractivity contribution >= 4 is 40.7 Å². The molecule has 52 heavy (non-hydrogen) atoms. The van der Waals surface area contributed by atoms with E-state index in [0.717, 1.165) is 27.8 Å². The zero-order valence-corrected chi connectivity index (χ0v) is 28.2. The van der Waals surface area contributed by atoms with Gasteiger partial charge in [-0.15, -0.1) is 0 Å². The van der Waals surface area contributed by atoms with Gasteiger partial charge in [-0.3, -0.25) is 14.2 Å². The summed E-state index contributed by atoms with van der Waals surface area (Å²) in [6, 6.07) is 23.0. The number of ketones is 1. The first kappa shape index (κ1) is 34.5. The number of aliphatic hydroxyl groups is 1. The van der Waals surface area contributed by atoms with Crippen molar-refractivity contribution in [1.82, 2.24) is 24.8 Å². The fourth-order valence-electron chi connectivity index (χ4n) is 6.60. The Labute approximate surface area is 298 Å². The number of aromatic nitrogens is 4. The Hall–Kier alpha value is -5.99. The number of esters is 1. The number of hydrogen-bond acceptors (Lipinski definition) is 11. The summed E-state index contributed by atoms with van der Waals surface area (Å²) < 4.78 is 18.7. The highest BCUT2D eigenvalue weighted by atomic mass is 16.6. The maximum Gasteiger partial charge on any atom is 0.407 e. The lowest BCUT2D eigenvalue weighted by Crippen LogP contribution is -2.30. The summed E-state index contributed by atoms with van der Waals surface area (Å²) in [4.78, 5) is 62.2. The number of nitrogens with one attached hydrogen (secondary N) is 2. The van der Waals surface area contributed by atoms with E-state index in [1.54, 1.807) is 28.8 Å². The quantitative estimate of drug-likeness (QED) is 0.153. The second-order valence-corrected chi connectivity index (χ2v) is 12.7. The lowest BCUT2D eigenvalue weighted by Gasteiger charge is -2.16. The second kappa shape index (κ2) is 15.1. The number of imidazole rings is 1. The summed E-state index contributed by atoms with van der Waals surface area (Å²) >= 11 is 0. The van der Waals surface area contributed by atoms with Gasteiger partial charge in [-0.2, -0.15) is 0 Å². The molecule has 266 valence electrons. The Morgan fingerprint density at radius 2 is 1.63 bits per heavy atom. The number of anilines is 1. The van der Waals surface area contributed by atoms with Crippen molar-refractivity contribution in [2.75, 3.05) is 18.5 Å². The van der Waals surface area contributed by atoms with Crippen LogP contribution in [0.1, 0.15) is 65.4 Å². The van der Waals surface area contributed by atoms with Crippen molar-refractivity contribution < 1.29 is 38.5 Å². The molecule has 2 amide bonds. The number of alkyl carbamates (subject to hydrolysis) is 1. The molecule has 3 atom stereocenters. The predicted molar refractivity (Wildman–Crippen MR) is 187 cm³/mol. The first-order chi connectivity index (χ1) is 25.3. The highest BCUT2D eigenvalue weighted by Gasteiger charge is 2.39. The molecule has 0 bridgehead atoms. The summed E-state index contributed by atoms with van der Waals surface area (Å²) in [6.45, 7) is 1.44. The molecule has 14 nitrogen and oxygen atoms in total. The van der Waals surface area contributed by atoms with E-state index < -0.39 is 36.4 Å². The van der Waals surface area contributed by atoms with Crippen LogP contribution in [0.5, 0.6) is 0 Å². The normalized spacial score (nSPS) is 17.7. The SMILES string of the molecule is CC(=O)CCC(=O)O[C@@H]1C[C@H](n2cnc3c(NC(=O)c4ccc(CNC(=O)OCC5c6ccccc6-c6ccccc65)cc4)ncnc32)O[C@@H]1CO. The summed E-state index contributed by atoms with van der Waals surface area (Å²) in [5.74, 6) is -0.962. The zero-order valence-electron chi connectivity index (χ0n) is 28.2. The lowest BCUT2D eigenvalue weighted by atomic mass is 9.98. The number of carbonyl (C=O) groups is 4. The number of benzene rings is 3. The molecule has 0 spiro atoms. The minimum Gasteiger partial charge on any atom is -0.459 e. The van der Waals surface area contributed by atoms with Crippen LogP contribution in [-0.2, 0) is 30.3 Å². The van der Waals surface area contributed by atoms with Gasteiger partial charge in [-0.05, 0) is 46.9 Å². The first-order valence-electron chi connectivity index (χ1n) is 16.9. The summed E-state index contributed by atoms with van der Waals surface area (Å²) in [5.41, 5.74) is 6.39. The number of ether oxygens (including phenoxy) is 3. The molecule has 1 aliphatic heterocycles. The number of fused-ring (bicyclic) bond motifs is 4. The van der Waals surface area contributed by atoms with Crippen LogP contribution < -0.4 is 10.6 Å². The molecule has 3 N–H and O–H groups in total. The summed E-state index contributed by atoms with van der Waals surface area (Å²) in [5, 5.41) is 15.4. The molecular formula is C38H36N6O8. The van der Waals surface area contributed by atoms with Gasteiger partial charge in [-0.1, -0.05) is 60.7 Å². The molecule has 7 rings (SSSR count). The molecule has 3 aromatic carbocycles. The average Bonchev–Trinajstić information content (AvgIpc) is 3.86. The van der Waals surface area contributed by atoms with E-state index in [9.17, 15) is 24.3 Å². The minimum atomic E-state index is -0.776. The van der Waals surface area contributed by atoms with Gasteiger partial charge in [0.25, 0.3) is 5.91 Å². The number of rotatable bonds is 12. The molecule has 2 aliphatic rings. The molecule has 14 heteroatoms. The van der Waals surface area contributed by atoms with E-state index in [-0.39, 0.29) is 56.5 Å². The van der Waals surface area contributed by atoms with Gasteiger partial charge in [0.05, 0.1) is 19.4 Å². The Balaban J connectivity index is 0.932. The van der Waals surface area contributed by atoms with E-state index in [2.05, 4.69) is 49.9 Å². The van der Waals surface area contributed by atoms with Crippen LogP contribution in [0.25, 0.3) is 22.3 Å². The van der Waals surface area contributed by atoms with Crippen molar-refractivity contribution in [2.24, 2.45) is 0 Å². The average molecular weight is 705 g/mol. The smallest absolute Gasteiger partial charge is 0.407 e. The van der Waals surface area contributed by atoms with Gasteiger partial charge in [0, 0.05) is 30.9 Å². The number of nitrogens with zero attached hydrogens (tertiary/aromatic N) is 4. The Bertz CT molecular complexity index is 2090. The molecule has 0 unspecified atom stereocenters. The molecule has 0 saturated carbocycles. The van der Waals surface area contributed by atoms with Gasteiger partial charge in [-0.25, -0.2) is 19.7 Å². The van der Waals surface area contributed by atoms with Crippen LogP contribution in [0.3, 0.4) is 0 Å². The van der Waals surface area contributed by atoms with Gasteiger partial charge < -0.3 is 34.7 Å². The van der Waals surface area contributed by atoms with E-state index in [0.29, 0.717) is 16.7 Å². The standard InChI is InChI=1S/C38H36N6O8/c1-22(46)10-15-33(47)52-30-16-32(51-31(30)18-45)44-21-42-34-35(40-20-41-36(34)44)43-37(48)24-13-11-23(12-14-24)17-39-38(49)50-19-29-27-8-4-2-6-25(27)26-7-3-5-9-28(26)29/h2-9,11-14,20-21,29-32,45H,10,15-19H2,1H3,(H,39,49)(H,40,41,43,48)/t30-,31-,32-/m1/s1. The van der Waals surface area contributed by atoms with Gasteiger partial charge in [0.1, 0.15) is 37.2 Å². The third-order valence-corrected chi connectivity index (χ3v) is 9.22. The third-order valence-electron chi connectivity index (χ3n) is 9.22. The van der Waals surface area contributed by atoms with Crippen LogP contribution in [0.15, 0.2) is 85.5 Å². The van der Waals surface area contributed by atoms with Crippen LogP contribution >= 0.6 is 0 Å². The Kier molecular flexibility index (Phi) is 10.00. The fraction of sp³-hybridized carbons (Fsp3) is 0.289. The monoisotopic (exact) mass is 704 g/mol. The molecule has 3 heterocycles. The Morgan fingerprint density at radius 3 is 2.33 bits per heavy atom. The fourth-order valence-corrected chi connectivity index (χ4v) is 6.60. The molecule has 5 aromatic rings. The third kappa shape index (κ3) is 7.24. The van der Waals surface area contributed by atoms with E-state index >= 15 is 0 Å².